The van der Waals surface area contributed by atoms with E-state index < -0.39 is 71.0 Å². The summed E-state index contributed by atoms with van der Waals surface area (Å²) in [5.41, 5.74) is 2.70. The summed E-state index contributed by atoms with van der Waals surface area (Å²) in [5, 5.41) is 32.7. The number of hydrogen-bond acceptors (Lipinski definition) is 7. The molecule has 3 aromatic rings. The number of carbonyl (C=O) groups excluding carboxylic acids is 2. The maximum atomic E-state index is 14.6. The predicted octanol–water partition coefficient (Wildman–Crippen LogP) is 3.76. The van der Waals surface area contributed by atoms with Crippen LogP contribution in [0.25, 0.3) is 5.57 Å². The quantitative estimate of drug-likeness (QED) is 0.111. The molecule has 10 nitrogen and oxygen atoms in total. The summed E-state index contributed by atoms with van der Waals surface area (Å²) in [7, 11) is 0. The van der Waals surface area contributed by atoms with Crippen molar-refractivity contribution in [1.29, 1.82) is 0 Å². The number of carboxylic acids is 1. The Morgan fingerprint density at radius 2 is 1.57 bits per heavy atom. The molecule has 53 heavy (non-hydrogen) atoms. The van der Waals surface area contributed by atoms with E-state index in [1.807, 2.05) is 24.3 Å². The molecule has 3 aromatic carbocycles. The molecule has 15 heteroatoms. The predicted molar refractivity (Wildman–Crippen MR) is 180 cm³/mol. The van der Waals surface area contributed by atoms with Crippen molar-refractivity contribution in [3.05, 3.63) is 106 Å². The number of carbonyl (C=O) groups is 3. The minimum atomic E-state index is -2.34. The molecule has 2 bridgehead atoms. The van der Waals surface area contributed by atoms with Gasteiger partial charge in [0, 0.05) is 37.3 Å². The van der Waals surface area contributed by atoms with Crippen molar-refractivity contribution in [3.8, 4) is 5.75 Å². The maximum Gasteiger partial charge on any atom is 0.335 e. The molecule has 1 saturated carbocycles. The van der Waals surface area contributed by atoms with Gasteiger partial charge in [-0.2, -0.15) is 4.39 Å². The fraction of sp³-hybridized carbons (Fsp3) is 0.395. The second kappa shape index (κ2) is 16.0. The topological polar surface area (TPSA) is 140 Å². The molecule has 0 unspecified atom stereocenters. The van der Waals surface area contributed by atoms with Crippen LogP contribution in [-0.2, 0) is 27.2 Å². The van der Waals surface area contributed by atoms with Crippen LogP contribution < -0.4 is 10.1 Å². The van der Waals surface area contributed by atoms with Gasteiger partial charge in [0.15, 0.2) is 41.2 Å². The second-order valence-corrected chi connectivity index (χ2v) is 13.5. The number of fused-ring (bicyclic) bond motifs is 2. The maximum absolute atomic E-state index is 14.6. The van der Waals surface area contributed by atoms with E-state index in [1.54, 1.807) is 4.90 Å². The lowest BCUT2D eigenvalue weighted by Gasteiger charge is -2.45. The molecule has 1 aliphatic carbocycles. The normalized spacial score (nSPS) is 19.5. The van der Waals surface area contributed by atoms with E-state index in [1.165, 1.54) is 17.0 Å². The van der Waals surface area contributed by atoms with Crippen molar-refractivity contribution < 1.29 is 56.4 Å². The molecular formula is C38H38F5N3O7. The molecule has 6 rings (SSSR count). The smallest absolute Gasteiger partial charge is 0.335 e. The molecular weight excluding hydrogens is 705 g/mol. The van der Waals surface area contributed by atoms with Crippen LogP contribution in [0.3, 0.4) is 0 Å². The number of benzene rings is 3. The molecule has 0 radical (unpaired) electrons. The van der Waals surface area contributed by atoms with Gasteiger partial charge in [-0.05, 0) is 79.0 Å². The highest BCUT2D eigenvalue weighted by molar-refractivity contribution is 6.03. The number of carboxylic acid groups (broad SMARTS) is 1. The fourth-order valence-corrected chi connectivity index (χ4v) is 6.94. The summed E-state index contributed by atoms with van der Waals surface area (Å²) < 4.78 is 75.1. The Morgan fingerprint density at radius 1 is 0.868 bits per heavy atom. The van der Waals surface area contributed by atoms with Crippen LogP contribution in [0.4, 0.5) is 22.0 Å². The van der Waals surface area contributed by atoms with Gasteiger partial charge in [-0.3, -0.25) is 9.59 Å². The lowest BCUT2D eigenvalue weighted by molar-refractivity contribution is -0.163. The number of aliphatic carboxylic acids is 1. The summed E-state index contributed by atoms with van der Waals surface area (Å²) in [4.78, 5) is 41.8. The highest BCUT2D eigenvalue weighted by Gasteiger charge is 2.45. The average molecular weight is 744 g/mol. The van der Waals surface area contributed by atoms with Gasteiger partial charge < -0.3 is 35.2 Å². The van der Waals surface area contributed by atoms with Crippen molar-refractivity contribution >= 4 is 23.4 Å². The Balaban J connectivity index is 1.24. The number of halogens is 5. The highest BCUT2D eigenvalue weighted by atomic mass is 19.2. The van der Waals surface area contributed by atoms with Gasteiger partial charge in [0.2, 0.25) is 5.82 Å². The summed E-state index contributed by atoms with van der Waals surface area (Å²) >= 11 is 0. The molecule has 2 amide bonds. The molecule has 2 fully saturated rings. The highest BCUT2D eigenvalue weighted by Crippen LogP contribution is 2.37. The van der Waals surface area contributed by atoms with Crippen LogP contribution in [-0.4, -0.2) is 99.5 Å². The molecule has 282 valence electrons. The average Bonchev–Trinajstić information content (AvgIpc) is 3.99. The lowest BCUT2D eigenvalue weighted by atomic mass is 9.82. The van der Waals surface area contributed by atoms with Crippen LogP contribution in [0, 0.1) is 29.1 Å². The van der Waals surface area contributed by atoms with Gasteiger partial charge in [-0.1, -0.05) is 36.4 Å². The number of piperazine rings is 1. The van der Waals surface area contributed by atoms with Crippen LogP contribution in [0.2, 0.25) is 0 Å². The molecule has 0 spiro atoms. The fourth-order valence-electron chi connectivity index (χ4n) is 6.94. The largest absolute Gasteiger partial charge is 0.488 e. The van der Waals surface area contributed by atoms with Gasteiger partial charge in [0.25, 0.3) is 11.8 Å². The number of rotatable bonds is 14. The molecule has 0 aromatic heterocycles. The van der Waals surface area contributed by atoms with E-state index in [-0.39, 0.29) is 56.6 Å². The van der Waals surface area contributed by atoms with Gasteiger partial charge in [-0.15, -0.1) is 0 Å². The Bertz CT molecular complexity index is 1910. The summed E-state index contributed by atoms with van der Waals surface area (Å²) in [5.74, 6) is -9.52. The third-order valence-corrected chi connectivity index (χ3v) is 9.81. The van der Waals surface area contributed by atoms with Crippen LogP contribution in [0.5, 0.6) is 5.75 Å². The first-order valence-electron chi connectivity index (χ1n) is 17.3. The Hall–Kier alpha value is -4.86. The molecule has 4 N–H and O–H groups in total. The summed E-state index contributed by atoms with van der Waals surface area (Å²) in [6.45, 7) is -0.0559. The zero-order valence-electron chi connectivity index (χ0n) is 28.4. The summed E-state index contributed by atoms with van der Waals surface area (Å²) in [6, 6.07) is 11.3. The van der Waals surface area contributed by atoms with Crippen molar-refractivity contribution in [2.45, 2.75) is 68.9 Å². The number of amides is 2. The van der Waals surface area contributed by atoms with E-state index in [9.17, 15) is 46.5 Å². The Labute approximate surface area is 301 Å². The number of aliphatic hydroxyl groups excluding tert-OH is 2. The van der Waals surface area contributed by atoms with Crippen molar-refractivity contribution in [3.63, 3.8) is 0 Å². The molecule has 4 atom stereocenters. The zero-order valence-corrected chi connectivity index (χ0v) is 28.4. The van der Waals surface area contributed by atoms with E-state index in [0.29, 0.717) is 48.5 Å². The minimum absolute atomic E-state index is 0.0515. The molecule has 3 aliphatic rings. The lowest BCUT2D eigenvalue weighted by Crippen LogP contribution is -2.64. The molecule has 2 heterocycles. The Morgan fingerprint density at radius 3 is 2.26 bits per heavy atom. The number of nitrogens with one attached hydrogen (secondary N) is 1. The first-order valence-corrected chi connectivity index (χ1v) is 17.3. The number of aliphatic hydroxyl groups is 2. The van der Waals surface area contributed by atoms with E-state index in [2.05, 4.69) is 5.32 Å². The van der Waals surface area contributed by atoms with E-state index >= 15 is 0 Å². The van der Waals surface area contributed by atoms with Gasteiger partial charge >= 0.3 is 5.97 Å². The third kappa shape index (κ3) is 8.37. The third-order valence-electron chi connectivity index (χ3n) is 9.81. The van der Waals surface area contributed by atoms with Crippen LogP contribution in [0.15, 0.2) is 60.2 Å². The van der Waals surface area contributed by atoms with Crippen molar-refractivity contribution in [1.82, 2.24) is 15.1 Å². The summed E-state index contributed by atoms with van der Waals surface area (Å²) in [6.07, 6.45) is -2.03. The van der Waals surface area contributed by atoms with Crippen molar-refractivity contribution in [2.24, 2.45) is 0 Å². The van der Waals surface area contributed by atoms with Gasteiger partial charge in [0.05, 0.1) is 12.6 Å². The number of hydrogen-bond donors (Lipinski definition) is 4. The minimum Gasteiger partial charge on any atom is -0.488 e. The monoisotopic (exact) mass is 743 g/mol. The zero-order chi connectivity index (χ0) is 38.0. The van der Waals surface area contributed by atoms with Gasteiger partial charge in [0.1, 0.15) is 0 Å². The number of ether oxygens (including phenoxy) is 1. The first kappa shape index (κ1) is 37.9. The van der Waals surface area contributed by atoms with Crippen molar-refractivity contribution in [2.75, 3.05) is 26.2 Å². The van der Waals surface area contributed by atoms with Crippen LogP contribution >= 0.6 is 0 Å². The molecule has 1 saturated heterocycles. The van der Waals surface area contributed by atoms with E-state index in [0.717, 1.165) is 17.7 Å². The Kier molecular flexibility index (Phi) is 11.5. The number of aryl methyl sites for hydroxylation is 1. The van der Waals surface area contributed by atoms with Gasteiger partial charge in [-0.25, -0.2) is 22.4 Å². The van der Waals surface area contributed by atoms with E-state index in [4.69, 9.17) is 9.84 Å². The number of nitrogens with zero attached hydrogens (tertiary/aromatic N) is 2. The first-order chi connectivity index (χ1) is 25.3. The van der Waals surface area contributed by atoms with Crippen LogP contribution in [0.1, 0.15) is 42.4 Å². The second-order valence-electron chi connectivity index (χ2n) is 13.5. The standard InChI is InChI=1S/C38H38F5N3O7/c39-26-5-1-4-22(31(26)42)14-15-46(24-10-11-24)36(49)30-25(17-23-18-45(19-29(30)44-23)37(50)33(47)34(48)38(51)52)21-8-6-20(7-9-21)3-2-16-53-35-28(41)13-12-27(40)32(35)43/h1,4-9,12-13,23-24,29,33-34,44,47-48H,2-3,10-11,14-19H2,(H,51,52)/t23-,29-,33+,34+/m1/s1. The SMILES string of the molecule is O=C(O)[C@@H](O)[C@H](O)C(=O)N1C[C@H]2CC(c3ccc(CCCOc4c(F)ccc(F)c4F)cc3)=C(C(=O)N(CCc3cccc(F)c3F)C3CC3)[C@@H](C1)N2. The molecule has 2 aliphatic heterocycles.